The van der Waals surface area contributed by atoms with Gasteiger partial charge in [0.05, 0.1) is 18.2 Å². The predicted octanol–water partition coefficient (Wildman–Crippen LogP) is 3.29. The molecule has 0 spiro atoms. The van der Waals surface area contributed by atoms with Gasteiger partial charge in [0.25, 0.3) is 0 Å². The van der Waals surface area contributed by atoms with Crippen molar-refractivity contribution in [2.45, 2.75) is 12.6 Å². The molecule has 0 saturated carbocycles. The Kier molecular flexibility index (Phi) is 3.30. The Labute approximate surface area is 105 Å². The number of pyridine rings is 1. The first kappa shape index (κ1) is 12.5. The van der Waals surface area contributed by atoms with Crippen LogP contribution in [0.3, 0.4) is 0 Å². The average Bonchev–Trinajstić information content (AvgIpc) is 2.77. The van der Waals surface area contributed by atoms with Gasteiger partial charge in [0, 0.05) is 17.1 Å². The number of alkyl halides is 3. The predicted molar refractivity (Wildman–Crippen MR) is 59.7 cm³/mol. The van der Waals surface area contributed by atoms with E-state index in [1.807, 2.05) is 6.07 Å². The summed E-state index contributed by atoms with van der Waals surface area (Å²) in [6.45, 7) is 0. The Bertz CT molecular complexity index is 581. The summed E-state index contributed by atoms with van der Waals surface area (Å²) in [5, 5.41) is 10.8. The molecular formula is C11H6F3N3S. The van der Waals surface area contributed by atoms with E-state index >= 15 is 0 Å². The minimum Gasteiger partial charge on any atom is -0.251 e. The van der Waals surface area contributed by atoms with E-state index in [1.54, 1.807) is 5.38 Å². The summed E-state index contributed by atoms with van der Waals surface area (Å²) in [7, 11) is 0. The highest BCUT2D eigenvalue weighted by atomic mass is 32.1. The summed E-state index contributed by atoms with van der Waals surface area (Å²) < 4.78 is 36.9. The molecule has 0 N–H and O–H groups in total. The van der Waals surface area contributed by atoms with Gasteiger partial charge in [-0.3, -0.25) is 4.98 Å². The maximum atomic E-state index is 12.3. The van der Waals surface area contributed by atoms with Crippen LogP contribution < -0.4 is 0 Å². The van der Waals surface area contributed by atoms with E-state index in [0.717, 1.165) is 12.3 Å². The lowest BCUT2D eigenvalue weighted by molar-refractivity contribution is -0.141. The van der Waals surface area contributed by atoms with Crippen molar-refractivity contribution < 1.29 is 13.2 Å². The topological polar surface area (TPSA) is 49.6 Å². The third kappa shape index (κ3) is 2.65. The molecule has 0 aliphatic carbocycles. The molecule has 0 amide bonds. The Hall–Kier alpha value is -1.94. The largest absolute Gasteiger partial charge is 0.433 e. The minimum atomic E-state index is -4.44. The number of thiazole rings is 1. The SMILES string of the molecule is N#CCc1nc(-c2ccc(C(F)(F)F)nc2)cs1. The first-order valence-electron chi connectivity index (χ1n) is 4.85. The third-order valence-electron chi connectivity index (χ3n) is 2.13. The van der Waals surface area contributed by atoms with Crippen LogP contribution in [0.5, 0.6) is 0 Å². The molecule has 0 aliphatic rings. The standard InChI is InChI=1S/C11H6F3N3S/c12-11(13,14)9-2-1-7(5-16-9)8-6-18-10(17-8)3-4-15/h1-2,5-6H,3H2. The van der Waals surface area contributed by atoms with Crippen molar-refractivity contribution >= 4 is 11.3 Å². The van der Waals surface area contributed by atoms with E-state index in [4.69, 9.17) is 5.26 Å². The first-order chi connectivity index (χ1) is 8.50. The van der Waals surface area contributed by atoms with E-state index < -0.39 is 11.9 Å². The van der Waals surface area contributed by atoms with Gasteiger partial charge in [-0.15, -0.1) is 11.3 Å². The molecule has 0 unspecified atom stereocenters. The minimum absolute atomic E-state index is 0.193. The smallest absolute Gasteiger partial charge is 0.251 e. The maximum absolute atomic E-state index is 12.3. The highest BCUT2D eigenvalue weighted by Crippen LogP contribution is 2.29. The molecule has 7 heteroatoms. The van der Waals surface area contributed by atoms with E-state index in [1.165, 1.54) is 17.4 Å². The van der Waals surface area contributed by atoms with Gasteiger partial charge in [0.2, 0.25) is 0 Å². The van der Waals surface area contributed by atoms with Crippen LogP contribution in [0.2, 0.25) is 0 Å². The van der Waals surface area contributed by atoms with Gasteiger partial charge in [-0.05, 0) is 12.1 Å². The number of nitrogens with zero attached hydrogens (tertiary/aromatic N) is 3. The molecule has 2 aromatic heterocycles. The van der Waals surface area contributed by atoms with Crippen LogP contribution in [0.1, 0.15) is 10.7 Å². The first-order valence-corrected chi connectivity index (χ1v) is 5.73. The summed E-state index contributed by atoms with van der Waals surface area (Å²) in [6.07, 6.45) is -3.11. The van der Waals surface area contributed by atoms with Crippen LogP contribution in [0.4, 0.5) is 13.2 Å². The van der Waals surface area contributed by atoms with Gasteiger partial charge >= 0.3 is 6.18 Å². The molecule has 0 atom stereocenters. The monoisotopic (exact) mass is 269 g/mol. The lowest BCUT2D eigenvalue weighted by atomic mass is 10.2. The Morgan fingerprint density at radius 1 is 1.33 bits per heavy atom. The molecule has 2 heterocycles. The Balaban J connectivity index is 2.26. The van der Waals surface area contributed by atoms with Crippen LogP contribution in [-0.4, -0.2) is 9.97 Å². The fourth-order valence-corrected chi connectivity index (χ4v) is 2.04. The molecule has 0 aromatic carbocycles. The van der Waals surface area contributed by atoms with Crippen molar-refractivity contribution in [2.75, 3.05) is 0 Å². The fraction of sp³-hybridized carbons (Fsp3) is 0.182. The summed E-state index contributed by atoms with van der Waals surface area (Å²) in [5.41, 5.74) is 0.105. The second kappa shape index (κ2) is 4.74. The molecule has 0 saturated heterocycles. The zero-order chi connectivity index (χ0) is 13.2. The molecule has 0 bridgehead atoms. The van der Waals surface area contributed by atoms with Crippen molar-refractivity contribution in [1.82, 2.24) is 9.97 Å². The number of aromatic nitrogens is 2. The lowest BCUT2D eigenvalue weighted by Gasteiger charge is -2.05. The zero-order valence-corrected chi connectivity index (χ0v) is 9.72. The maximum Gasteiger partial charge on any atom is 0.433 e. The van der Waals surface area contributed by atoms with Gasteiger partial charge in [-0.2, -0.15) is 18.4 Å². The zero-order valence-electron chi connectivity index (χ0n) is 8.90. The second-order valence-corrected chi connectivity index (χ2v) is 4.33. The van der Waals surface area contributed by atoms with E-state index in [0.29, 0.717) is 16.3 Å². The van der Waals surface area contributed by atoms with Crippen molar-refractivity contribution in [2.24, 2.45) is 0 Å². The normalized spacial score (nSPS) is 11.2. The summed E-state index contributed by atoms with van der Waals surface area (Å²) in [5.74, 6) is 0. The Morgan fingerprint density at radius 3 is 2.67 bits per heavy atom. The Morgan fingerprint density at radius 2 is 2.11 bits per heavy atom. The number of rotatable bonds is 2. The van der Waals surface area contributed by atoms with Crippen molar-refractivity contribution in [3.63, 3.8) is 0 Å². The van der Waals surface area contributed by atoms with Gasteiger partial charge in [-0.25, -0.2) is 4.98 Å². The highest BCUT2D eigenvalue weighted by molar-refractivity contribution is 7.10. The second-order valence-electron chi connectivity index (χ2n) is 3.39. The molecule has 92 valence electrons. The molecule has 2 rings (SSSR count). The van der Waals surface area contributed by atoms with Crippen LogP contribution in [0.15, 0.2) is 23.7 Å². The van der Waals surface area contributed by atoms with Crippen LogP contribution in [0.25, 0.3) is 11.3 Å². The number of nitriles is 1. The fourth-order valence-electron chi connectivity index (χ4n) is 1.31. The third-order valence-corrected chi connectivity index (χ3v) is 2.98. The molecule has 3 nitrogen and oxygen atoms in total. The van der Waals surface area contributed by atoms with E-state index in [9.17, 15) is 13.2 Å². The average molecular weight is 269 g/mol. The number of hydrogen-bond donors (Lipinski definition) is 0. The molecular weight excluding hydrogens is 263 g/mol. The summed E-state index contributed by atoms with van der Waals surface area (Å²) in [6, 6.07) is 4.20. The molecule has 0 radical (unpaired) electrons. The van der Waals surface area contributed by atoms with Gasteiger partial charge in [0.15, 0.2) is 0 Å². The van der Waals surface area contributed by atoms with Crippen molar-refractivity contribution in [3.8, 4) is 17.3 Å². The number of halogens is 3. The summed E-state index contributed by atoms with van der Waals surface area (Å²) >= 11 is 1.30. The number of hydrogen-bond acceptors (Lipinski definition) is 4. The van der Waals surface area contributed by atoms with Crippen LogP contribution >= 0.6 is 11.3 Å². The van der Waals surface area contributed by atoms with Gasteiger partial charge in [0.1, 0.15) is 10.7 Å². The van der Waals surface area contributed by atoms with E-state index in [2.05, 4.69) is 9.97 Å². The molecule has 0 aliphatic heterocycles. The van der Waals surface area contributed by atoms with E-state index in [-0.39, 0.29) is 6.42 Å². The van der Waals surface area contributed by atoms with Crippen LogP contribution in [-0.2, 0) is 12.6 Å². The quantitative estimate of drug-likeness (QED) is 0.840. The molecule has 2 aromatic rings. The highest BCUT2D eigenvalue weighted by Gasteiger charge is 2.32. The lowest BCUT2D eigenvalue weighted by Crippen LogP contribution is -2.07. The van der Waals surface area contributed by atoms with Gasteiger partial charge < -0.3 is 0 Å². The van der Waals surface area contributed by atoms with Crippen molar-refractivity contribution in [1.29, 1.82) is 5.26 Å². The molecule has 0 fully saturated rings. The van der Waals surface area contributed by atoms with Crippen molar-refractivity contribution in [3.05, 3.63) is 34.4 Å². The van der Waals surface area contributed by atoms with Gasteiger partial charge in [-0.1, -0.05) is 0 Å². The van der Waals surface area contributed by atoms with Crippen LogP contribution in [0, 0.1) is 11.3 Å². The molecule has 18 heavy (non-hydrogen) atoms. The summed E-state index contributed by atoms with van der Waals surface area (Å²) in [4.78, 5) is 7.49.